The molecule has 0 aliphatic heterocycles. The van der Waals surface area contributed by atoms with E-state index >= 15 is 0 Å². The van der Waals surface area contributed by atoms with E-state index in [-0.39, 0.29) is 11.4 Å². The molecule has 0 atom stereocenters. The van der Waals surface area contributed by atoms with Crippen LogP contribution in [0.1, 0.15) is 20.3 Å². The molecule has 0 aliphatic carbocycles. The van der Waals surface area contributed by atoms with Gasteiger partial charge in [-0.1, -0.05) is 6.08 Å². The molecule has 0 aromatic carbocycles. The number of nitrogens with two attached hydrogens (primary N) is 1. The normalized spacial score (nSPS) is 12.1. The molecule has 2 N–H and O–H groups in total. The van der Waals surface area contributed by atoms with Gasteiger partial charge in [-0.3, -0.25) is 4.79 Å². The number of rotatable bonds is 3. The summed E-state index contributed by atoms with van der Waals surface area (Å²) in [7, 11) is 3.44. The van der Waals surface area contributed by atoms with Crippen LogP contribution >= 0.6 is 0 Å². The first-order chi connectivity index (χ1) is 5.33. The number of nitrogens with zero attached hydrogens (tertiary/aromatic N) is 1. The first kappa shape index (κ1) is 11.2. The Bertz CT molecular complexity index is 177. The Morgan fingerprint density at radius 3 is 2.33 bits per heavy atom. The van der Waals surface area contributed by atoms with Crippen molar-refractivity contribution >= 4 is 5.91 Å². The van der Waals surface area contributed by atoms with Crippen LogP contribution < -0.4 is 5.73 Å². The topological polar surface area (TPSA) is 46.3 Å². The van der Waals surface area contributed by atoms with Crippen LogP contribution in [-0.4, -0.2) is 30.4 Å². The molecule has 0 aromatic heterocycles. The molecular weight excluding hydrogens is 152 g/mol. The van der Waals surface area contributed by atoms with E-state index in [4.69, 9.17) is 5.73 Å². The Balaban J connectivity index is 3.86. The van der Waals surface area contributed by atoms with Crippen molar-refractivity contribution in [3.05, 3.63) is 12.2 Å². The van der Waals surface area contributed by atoms with Crippen molar-refractivity contribution in [2.24, 2.45) is 5.73 Å². The van der Waals surface area contributed by atoms with E-state index in [1.165, 1.54) is 4.90 Å². The van der Waals surface area contributed by atoms with Crippen molar-refractivity contribution in [3.8, 4) is 0 Å². The predicted molar refractivity (Wildman–Crippen MR) is 50.7 cm³/mol. The fraction of sp³-hybridized carbons (Fsp3) is 0.667. The Kier molecular flexibility index (Phi) is 3.96. The quantitative estimate of drug-likeness (QED) is 0.635. The lowest BCUT2D eigenvalue weighted by atomic mass is 10.0. The van der Waals surface area contributed by atoms with Crippen LogP contribution in [0.5, 0.6) is 0 Å². The average molecular weight is 170 g/mol. The molecule has 0 saturated heterocycles. The third-order valence-corrected chi connectivity index (χ3v) is 1.35. The zero-order chi connectivity index (χ0) is 9.78. The number of carbonyl (C=O) groups is 1. The van der Waals surface area contributed by atoms with Crippen molar-refractivity contribution in [3.63, 3.8) is 0 Å². The van der Waals surface area contributed by atoms with E-state index in [1.54, 1.807) is 20.2 Å². The van der Waals surface area contributed by atoms with E-state index in [0.29, 0.717) is 6.42 Å². The highest BCUT2D eigenvalue weighted by Gasteiger charge is 2.07. The lowest BCUT2D eigenvalue weighted by Crippen LogP contribution is -2.31. The minimum absolute atomic E-state index is 0.000694. The highest BCUT2D eigenvalue weighted by Crippen LogP contribution is 2.03. The highest BCUT2D eigenvalue weighted by molar-refractivity contribution is 5.87. The highest BCUT2D eigenvalue weighted by atomic mass is 16.2. The van der Waals surface area contributed by atoms with Crippen molar-refractivity contribution < 1.29 is 4.79 Å². The lowest BCUT2D eigenvalue weighted by molar-refractivity contribution is -0.123. The maximum Gasteiger partial charge on any atom is 0.245 e. The zero-order valence-corrected chi connectivity index (χ0v) is 8.29. The largest absolute Gasteiger partial charge is 0.345 e. The van der Waals surface area contributed by atoms with Crippen LogP contribution in [0.3, 0.4) is 0 Å². The van der Waals surface area contributed by atoms with Crippen molar-refractivity contribution in [1.82, 2.24) is 4.90 Å². The molecule has 0 aromatic rings. The van der Waals surface area contributed by atoms with E-state index in [9.17, 15) is 4.79 Å². The second kappa shape index (κ2) is 4.26. The Hall–Kier alpha value is -0.830. The van der Waals surface area contributed by atoms with Crippen LogP contribution in [0.25, 0.3) is 0 Å². The molecule has 0 heterocycles. The standard InChI is InChI=1S/C9H18N2O/c1-9(2,10)7-5-6-8(12)11(3)4/h5-6H,7,10H2,1-4H3/b6-5+. The van der Waals surface area contributed by atoms with E-state index in [1.807, 2.05) is 19.9 Å². The minimum atomic E-state index is -0.233. The summed E-state index contributed by atoms with van der Waals surface area (Å²) in [6.07, 6.45) is 4.07. The first-order valence-electron chi connectivity index (χ1n) is 3.99. The predicted octanol–water partition coefficient (Wildman–Crippen LogP) is 0.758. The maximum absolute atomic E-state index is 11.0. The van der Waals surface area contributed by atoms with Crippen LogP contribution in [0, 0.1) is 0 Å². The van der Waals surface area contributed by atoms with E-state index in [2.05, 4.69) is 0 Å². The Morgan fingerprint density at radius 1 is 1.50 bits per heavy atom. The van der Waals surface area contributed by atoms with Gasteiger partial charge in [0.15, 0.2) is 0 Å². The molecule has 0 fully saturated rings. The summed E-state index contributed by atoms with van der Waals surface area (Å²) in [5.74, 6) is -0.000694. The lowest BCUT2D eigenvalue weighted by Gasteiger charge is -2.15. The number of hydrogen-bond donors (Lipinski definition) is 1. The Labute approximate surface area is 74.2 Å². The molecule has 0 saturated carbocycles. The molecular formula is C9H18N2O. The van der Waals surface area contributed by atoms with Gasteiger partial charge in [0.2, 0.25) is 5.91 Å². The fourth-order valence-electron chi connectivity index (χ4n) is 0.613. The summed E-state index contributed by atoms with van der Waals surface area (Å²) in [6.45, 7) is 3.86. The molecule has 0 rings (SSSR count). The van der Waals surface area contributed by atoms with Crippen molar-refractivity contribution in [2.75, 3.05) is 14.1 Å². The molecule has 70 valence electrons. The molecule has 0 unspecified atom stereocenters. The number of carbonyl (C=O) groups excluding carboxylic acids is 1. The van der Waals surface area contributed by atoms with Gasteiger partial charge in [-0.15, -0.1) is 0 Å². The fourth-order valence-corrected chi connectivity index (χ4v) is 0.613. The molecule has 1 amide bonds. The van der Waals surface area contributed by atoms with Crippen LogP contribution in [0.15, 0.2) is 12.2 Å². The smallest absolute Gasteiger partial charge is 0.245 e. The van der Waals surface area contributed by atoms with E-state index < -0.39 is 0 Å². The van der Waals surface area contributed by atoms with Gasteiger partial charge in [-0.05, 0) is 26.3 Å². The summed E-state index contributed by atoms with van der Waals surface area (Å²) in [5, 5.41) is 0. The van der Waals surface area contributed by atoms with Crippen LogP contribution in [-0.2, 0) is 4.79 Å². The zero-order valence-electron chi connectivity index (χ0n) is 8.29. The minimum Gasteiger partial charge on any atom is -0.345 e. The maximum atomic E-state index is 11.0. The molecule has 3 nitrogen and oxygen atoms in total. The Morgan fingerprint density at radius 2 is 2.00 bits per heavy atom. The molecule has 0 bridgehead atoms. The summed E-state index contributed by atoms with van der Waals surface area (Å²) in [5.41, 5.74) is 5.49. The number of amides is 1. The summed E-state index contributed by atoms with van der Waals surface area (Å²) in [6, 6.07) is 0. The third-order valence-electron chi connectivity index (χ3n) is 1.35. The first-order valence-corrected chi connectivity index (χ1v) is 3.99. The van der Waals surface area contributed by atoms with Crippen molar-refractivity contribution in [1.29, 1.82) is 0 Å². The van der Waals surface area contributed by atoms with Gasteiger partial charge in [0.05, 0.1) is 0 Å². The van der Waals surface area contributed by atoms with Gasteiger partial charge in [-0.2, -0.15) is 0 Å². The average Bonchev–Trinajstić information content (AvgIpc) is 1.84. The van der Waals surface area contributed by atoms with Gasteiger partial charge >= 0.3 is 0 Å². The van der Waals surface area contributed by atoms with Crippen LogP contribution in [0.4, 0.5) is 0 Å². The second-order valence-electron chi connectivity index (χ2n) is 3.83. The number of hydrogen-bond acceptors (Lipinski definition) is 2. The summed E-state index contributed by atoms with van der Waals surface area (Å²) < 4.78 is 0. The molecule has 0 radical (unpaired) electrons. The van der Waals surface area contributed by atoms with Crippen LogP contribution in [0.2, 0.25) is 0 Å². The molecule has 12 heavy (non-hydrogen) atoms. The molecule has 0 aliphatic rings. The second-order valence-corrected chi connectivity index (χ2v) is 3.83. The van der Waals surface area contributed by atoms with Crippen molar-refractivity contribution in [2.45, 2.75) is 25.8 Å². The van der Waals surface area contributed by atoms with Gasteiger partial charge in [0.25, 0.3) is 0 Å². The van der Waals surface area contributed by atoms with Gasteiger partial charge in [0.1, 0.15) is 0 Å². The van der Waals surface area contributed by atoms with Gasteiger partial charge < -0.3 is 10.6 Å². The summed E-state index contributed by atoms with van der Waals surface area (Å²) in [4.78, 5) is 12.6. The number of likely N-dealkylation sites (N-methyl/N-ethyl adjacent to an activating group) is 1. The summed E-state index contributed by atoms with van der Waals surface area (Å²) >= 11 is 0. The molecule has 3 heteroatoms. The van der Waals surface area contributed by atoms with Gasteiger partial charge in [0, 0.05) is 19.6 Å². The van der Waals surface area contributed by atoms with Gasteiger partial charge in [-0.25, -0.2) is 0 Å². The third kappa shape index (κ3) is 5.92. The SMILES string of the molecule is CN(C)C(=O)/C=C/CC(C)(C)N. The molecule has 0 spiro atoms. The monoisotopic (exact) mass is 170 g/mol. The van der Waals surface area contributed by atoms with E-state index in [0.717, 1.165) is 0 Å².